The van der Waals surface area contributed by atoms with Gasteiger partial charge in [0.15, 0.2) is 5.82 Å². The molecule has 3 aliphatic rings. The van der Waals surface area contributed by atoms with Gasteiger partial charge in [-0.25, -0.2) is 9.97 Å². The molecule has 1 saturated heterocycles. The highest BCUT2D eigenvalue weighted by Gasteiger charge is 2.47. The van der Waals surface area contributed by atoms with Crippen LogP contribution in [0.3, 0.4) is 0 Å². The minimum Gasteiger partial charge on any atom is -0.494 e. The molecule has 0 spiro atoms. The standard InChI is InChI=1S/C32H32FN7O3/c1-38-29-22(11-20(13-25(29)42-2)32(41)40-16-19-5-8-23(40)28(19)34)36-31(38)24-12-18-6-10-27(43-21-7-9-26(33)35-14-21)37-30(18)39(24)15-17-3-4-17/h6-7,9-14,17,19,23,28H,3-5,8,15-16,34H2,1-2H3/t19?,23?,28-/m1/s1. The first kappa shape index (κ1) is 26.1. The van der Waals surface area contributed by atoms with Crippen LogP contribution in [0.2, 0.25) is 0 Å². The molecule has 2 saturated carbocycles. The number of nitrogens with two attached hydrogens (primary N) is 1. The molecule has 5 heterocycles. The van der Waals surface area contributed by atoms with Crippen LogP contribution in [-0.4, -0.2) is 60.6 Å². The second-order valence-corrected chi connectivity index (χ2v) is 12.0. The van der Waals surface area contributed by atoms with Gasteiger partial charge >= 0.3 is 0 Å². The molecular formula is C32H32FN7O3. The Hall–Kier alpha value is -4.51. The van der Waals surface area contributed by atoms with E-state index in [0.29, 0.717) is 46.8 Å². The molecule has 2 N–H and O–H groups in total. The van der Waals surface area contributed by atoms with Crippen molar-refractivity contribution >= 4 is 28.0 Å². The number of hydrogen-bond donors (Lipinski definition) is 1. The molecule has 8 rings (SSSR count). The van der Waals surface area contributed by atoms with Crippen molar-refractivity contribution in [3.05, 3.63) is 60.2 Å². The van der Waals surface area contributed by atoms with E-state index in [1.54, 1.807) is 13.2 Å². The van der Waals surface area contributed by atoms with Crippen molar-refractivity contribution in [3.63, 3.8) is 0 Å². The van der Waals surface area contributed by atoms with Crippen molar-refractivity contribution < 1.29 is 18.7 Å². The third-order valence-corrected chi connectivity index (χ3v) is 9.32. The number of rotatable bonds is 7. The molecule has 2 unspecified atom stereocenters. The van der Waals surface area contributed by atoms with E-state index in [9.17, 15) is 9.18 Å². The smallest absolute Gasteiger partial charge is 0.254 e. The monoisotopic (exact) mass is 581 g/mol. The number of carbonyl (C=O) groups excluding carboxylic acids is 1. The van der Waals surface area contributed by atoms with Crippen LogP contribution < -0.4 is 15.2 Å². The lowest BCUT2D eigenvalue weighted by Crippen LogP contribution is -2.41. The van der Waals surface area contributed by atoms with Gasteiger partial charge in [0.05, 0.1) is 24.5 Å². The van der Waals surface area contributed by atoms with Gasteiger partial charge < -0.3 is 29.2 Å². The fourth-order valence-corrected chi connectivity index (χ4v) is 6.91. The number of amides is 1. The Morgan fingerprint density at radius 3 is 2.65 bits per heavy atom. The van der Waals surface area contributed by atoms with Gasteiger partial charge in [-0.15, -0.1) is 0 Å². The molecule has 4 aromatic heterocycles. The van der Waals surface area contributed by atoms with E-state index >= 15 is 0 Å². The first-order chi connectivity index (χ1) is 20.9. The normalized spacial score (nSPS) is 21.3. The number of piperidine rings is 1. The second kappa shape index (κ2) is 9.77. The number of hydrogen-bond acceptors (Lipinski definition) is 7. The maximum atomic E-state index is 13.7. The van der Waals surface area contributed by atoms with Crippen molar-refractivity contribution in [3.8, 4) is 28.9 Å². The average molecular weight is 582 g/mol. The van der Waals surface area contributed by atoms with Crippen LogP contribution in [0.15, 0.2) is 48.7 Å². The summed E-state index contributed by atoms with van der Waals surface area (Å²) in [6, 6.07) is 12.5. The van der Waals surface area contributed by atoms with Crippen molar-refractivity contribution in [2.75, 3.05) is 13.7 Å². The molecule has 1 amide bonds. The maximum Gasteiger partial charge on any atom is 0.254 e. The number of fused-ring (bicyclic) bond motifs is 4. The summed E-state index contributed by atoms with van der Waals surface area (Å²) < 4.78 is 29.2. The van der Waals surface area contributed by atoms with Crippen molar-refractivity contribution in [2.24, 2.45) is 24.6 Å². The fourth-order valence-electron chi connectivity index (χ4n) is 6.91. The van der Waals surface area contributed by atoms with Gasteiger partial charge in [0.2, 0.25) is 11.8 Å². The summed E-state index contributed by atoms with van der Waals surface area (Å²) in [7, 11) is 3.59. The average Bonchev–Trinajstić information content (AvgIpc) is 3.42. The molecule has 3 fully saturated rings. The molecule has 0 radical (unpaired) electrons. The second-order valence-electron chi connectivity index (χ2n) is 12.0. The van der Waals surface area contributed by atoms with E-state index in [-0.39, 0.29) is 18.0 Å². The molecule has 2 aliphatic carbocycles. The van der Waals surface area contributed by atoms with Gasteiger partial charge in [0.25, 0.3) is 5.91 Å². The number of methoxy groups -OCH3 is 1. The largest absolute Gasteiger partial charge is 0.494 e. The number of aryl methyl sites for hydroxylation is 1. The highest BCUT2D eigenvalue weighted by molar-refractivity contribution is 6.00. The van der Waals surface area contributed by atoms with E-state index < -0.39 is 5.95 Å². The zero-order chi connectivity index (χ0) is 29.4. The SMILES string of the molecule is COc1cc(C(=O)N2CC3CCC2[C@@H]3N)cc2nc(-c3cc4ccc(Oc5ccc(F)nc5)nc4n3CC3CC3)n(C)c12. The minimum absolute atomic E-state index is 0.0222. The third kappa shape index (κ3) is 4.32. The lowest BCUT2D eigenvalue weighted by atomic mass is 10.1. The van der Waals surface area contributed by atoms with Gasteiger partial charge in [0, 0.05) is 49.2 Å². The molecule has 220 valence electrons. The summed E-state index contributed by atoms with van der Waals surface area (Å²) in [6.45, 7) is 1.51. The molecule has 2 bridgehead atoms. The lowest BCUT2D eigenvalue weighted by Gasteiger charge is -2.27. The van der Waals surface area contributed by atoms with E-state index in [2.05, 4.69) is 15.6 Å². The van der Waals surface area contributed by atoms with Crippen molar-refractivity contribution in [2.45, 2.75) is 44.3 Å². The first-order valence-corrected chi connectivity index (χ1v) is 14.8. The molecule has 11 heteroatoms. The van der Waals surface area contributed by atoms with E-state index in [1.165, 1.54) is 31.2 Å². The number of likely N-dealkylation sites (tertiary alicyclic amines) is 1. The van der Waals surface area contributed by atoms with Gasteiger partial charge in [-0.2, -0.15) is 9.37 Å². The van der Waals surface area contributed by atoms with E-state index in [1.807, 2.05) is 34.7 Å². The number of imidazole rings is 1. The number of pyridine rings is 2. The van der Waals surface area contributed by atoms with Crippen LogP contribution in [0.5, 0.6) is 17.4 Å². The van der Waals surface area contributed by atoms with Gasteiger partial charge in [0.1, 0.15) is 22.7 Å². The highest BCUT2D eigenvalue weighted by Crippen LogP contribution is 2.40. The molecule has 10 nitrogen and oxygen atoms in total. The van der Waals surface area contributed by atoms with Crippen molar-refractivity contribution in [1.82, 2.24) is 29.0 Å². The number of ether oxygens (including phenoxy) is 2. The topological polar surface area (TPSA) is 113 Å². The minimum atomic E-state index is -0.568. The zero-order valence-corrected chi connectivity index (χ0v) is 24.0. The predicted octanol–water partition coefficient (Wildman–Crippen LogP) is 4.90. The Labute approximate surface area is 247 Å². The number of benzene rings is 1. The Bertz CT molecular complexity index is 1900. The summed E-state index contributed by atoms with van der Waals surface area (Å²) >= 11 is 0. The summed E-state index contributed by atoms with van der Waals surface area (Å²) in [6.07, 6.45) is 5.71. The van der Waals surface area contributed by atoms with Crippen LogP contribution in [0.25, 0.3) is 33.6 Å². The summed E-state index contributed by atoms with van der Waals surface area (Å²) in [5, 5.41) is 0.954. The molecule has 5 aromatic rings. The molecule has 3 atom stereocenters. The number of carbonyl (C=O) groups is 1. The number of aromatic nitrogens is 5. The quantitative estimate of drug-likeness (QED) is 0.272. The van der Waals surface area contributed by atoms with Crippen LogP contribution in [0, 0.1) is 17.8 Å². The maximum absolute atomic E-state index is 13.7. The Morgan fingerprint density at radius 1 is 1.09 bits per heavy atom. The van der Waals surface area contributed by atoms with Gasteiger partial charge in [-0.1, -0.05) is 0 Å². The van der Waals surface area contributed by atoms with Crippen molar-refractivity contribution in [1.29, 1.82) is 0 Å². The fraction of sp³-hybridized carbons (Fsp3) is 0.375. The lowest BCUT2D eigenvalue weighted by molar-refractivity contribution is 0.0700. The third-order valence-electron chi connectivity index (χ3n) is 9.32. The van der Waals surface area contributed by atoms with E-state index in [0.717, 1.165) is 47.5 Å². The zero-order valence-electron chi connectivity index (χ0n) is 24.0. The number of halogens is 1. The van der Waals surface area contributed by atoms with E-state index in [4.69, 9.17) is 25.2 Å². The Kier molecular flexibility index (Phi) is 5.94. The molecular weight excluding hydrogens is 549 g/mol. The first-order valence-electron chi connectivity index (χ1n) is 14.8. The van der Waals surface area contributed by atoms with Crippen LogP contribution in [0.4, 0.5) is 4.39 Å². The van der Waals surface area contributed by atoms with Crippen LogP contribution >= 0.6 is 0 Å². The Balaban J connectivity index is 1.20. The van der Waals surface area contributed by atoms with Crippen LogP contribution in [-0.2, 0) is 13.6 Å². The van der Waals surface area contributed by atoms with Crippen LogP contribution in [0.1, 0.15) is 36.0 Å². The summed E-state index contributed by atoms with van der Waals surface area (Å²) in [5.74, 6) is 2.51. The molecule has 43 heavy (non-hydrogen) atoms. The molecule has 1 aliphatic heterocycles. The summed E-state index contributed by atoms with van der Waals surface area (Å²) in [5.41, 5.74) is 10.2. The Morgan fingerprint density at radius 2 is 1.95 bits per heavy atom. The predicted molar refractivity (Wildman–Crippen MR) is 159 cm³/mol. The number of nitrogens with zero attached hydrogens (tertiary/aromatic N) is 6. The highest BCUT2D eigenvalue weighted by atomic mass is 19.1. The van der Waals surface area contributed by atoms with Gasteiger partial charge in [-0.05, 0) is 73.9 Å². The summed E-state index contributed by atoms with van der Waals surface area (Å²) in [4.78, 5) is 29.2. The molecule has 1 aromatic carbocycles. The van der Waals surface area contributed by atoms with Gasteiger partial charge in [-0.3, -0.25) is 4.79 Å².